The fourth-order valence-corrected chi connectivity index (χ4v) is 3.96. The van der Waals surface area contributed by atoms with Crippen LogP contribution in [0.25, 0.3) is 0 Å². The number of hydrogen-bond donors (Lipinski definition) is 1. The molecular formula is C17H19ClN2OS. The molecule has 1 amide bonds. The number of carbonyl (C=O) groups is 1. The molecule has 22 heavy (non-hydrogen) atoms. The SMILES string of the molecule is O=C(NC[C@@H](c1cccs1)N1CCCC1)c1ccccc1Cl. The molecule has 0 bridgehead atoms. The highest BCUT2D eigenvalue weighted by atomic mass is 35.5. The first kappa shape index (κ1) is 15.5. The molecule has 0 unspecified atom stereocenters. The predicted octanol–water partition coefficient (Wildman–Crippen LogP) is 3.97. The lowest BCUT2D eigenvalue weighted by Gasteiger charge is -2.27. The third-order valence-corrected chi connectivity index (χ3v) is 5.33. The molecule has 2 aromatic rings. The molecule has 0 spiro atoms. The molecular weight excluding hydrogens is 316 g/mol. The van der Waals surface area contributed by atoms with Crippen LogP contribution in [0.1, 0.15) is 34.1 Å². The summed E-state index contributed by atoms with van der Waals surface area (Å²) < 4.78 is 0. The molecule has 3 nitrogen and oxygen atoms in total. The van der Waals surface area contributed by atoms with Crippen molar-refractivity contribution in [2.24, 2.45) is 0 Å². The zero-order valence-corrected chi connectivity index (χ0v) is 13.9. The van der Waals surface area contributed by atoms with Gasteiger partial charge in [-0.1, -0.05) is 29.8 Å². The van der Waals surface area contributed by atoms with Crippen molar-refractivity contribution in [2.45, 2.75) is 18.9 Å². The van der Waals surface area contributed by atoms with Crippen molar-refractivity contribution in [1.82, 2.24) is 10.2 Å². The Bertz CT molecular complexity index is 623. The van der Waals surface area contributed by atoms with Crippen LogP contribution in [0, 0.1) is 0 Å². The quantitative estimate of drug-likeness (QED) is 0.897. The maximum absolute atomic E-state index is 12.3. The highest BCUT2D eigenvalue weighted by Crippen LogP contribution is 2.28. The second kappa shape index (κ2) is 7.27. The number of rotatable bonds is 5. The summed E-state index contributed by atoms with van der Waals surface area (Å²) in [7, 11) is 0. The van der Waals surface area contributed by atoms with Gasteiger partial charge in [-0.15, -0.1) is 11.3 Å². The van der Waals surface area contributed by atoms with E-state index < -0.39 is 0 Å². The van der Waals surface area contributed by atoms with Gasteiger partial charge in [0.25, 0.3) is 5.91 Å². The van der Waals surface area contributed by atoms with Crippen LogP contribution in [-0.4, -0.2) is 30.4 Å². The summed E-state index contributed by atoms with van der Waals surface area (Å²) in [5.41, 5.74) is 0.538. The summed E-state index contributed by atoms with van der Waals surface area (Å²) in [6, 6.07) is 11.6. The van der Waals surface area contributed by atoms with Crippen LogP contribution < -0.4 is 5.32 Å². The van der Waals surface area contributed by atoms with Gasteiger partial charge in [-0.2, -0.15) is 0 Å². The van der Waals surface area contributed by atoms with Gasteiger partial charge in [0.15, 0.2) is 0 Å². The van der Waals surface area contributed by atoms with E-state index in [-0.39, 0.29) is 11.9 Å². The molecule has 1 aliphatic rings. The number of benzene rings is 1. The number of nitrogens with one attached hydrogen (secondary N) is 1. The van der Waals surface area contributed by atoms with Gasteiger partial charge in [0.2, 0.25) is 0 Å². The lowest BCUT2D eigenvalue weighted by molar-refractivity contribution is 0.0938. The maximum Gasteiger partial charge on any atom is 0.252 e. The summed E-state index contributed by atoms with van der Waals surface area (Å²) in [5, 5.41) is 5.63. The molecule has 3 rings (SSSR count). The number of thiophene rings is 1. The van der Waals surface area contributed by atoms with Crippen LogP contribution >= 0.6 is 22.9 Å². The first-order valence-electron chi connectivity index (χ1n) is 7.56. The van der Waals surface area contributed by atoms with Gasteiger partial charge in [0.1, 0.15) is 0 Å². The third-order valence-electron chi connectivity index (χ3n) is 4.03. The molecule has 1 atom stereocenters. The van der Waals surface area contributed by atoms with Crippen LogP contribution in [0.2, 0.25) is 5.02 Å². The summed E-state index contributed by atoms with van der Waals surface area (Å²) in [6.45, 7) is 2.82. The lowest BCUT2D eigenvalue weighted by atomic mass is 10.2. The van der Waals surface area contributed by atoms with Gasteiger partial charge in [-0.3, -0.25) is 9.69 Å². The van der Waals surface area contributed by atoms with Crippen LogP contribution in [-0.2, 0) is 0 Å². The molecule has 0 aliphatic carbocycles. The second-order valence-corrected chi connectivity index (χ2v) is 6.85. The largest absolute Gasteiger partial charge is 0.350 e. The Morgan fingerprint density at radius 2 is 2.00 bits per heavy atom. The minimum Gasteiger partial charge on any atom is -0.350 e. The molecule has 0 saturated carbocycles. The highest BCUT2D eigenvalue weighted by molar-refractivity contribution is 7.10. The normalized spacial score (nSPS) is 16.6. The lowest BCUT2D eigenvalue weighted by Crippen LogP contribution is -2.36. The summed E-state index contributed by atoms with van der Waals surface area (Å²) in [5.74, 6) is -0.105. The molecule has 0 radical (unpaired) electrons. The topological polar surface area (TPSA) is 32.3 Å². The van der Waals surface area contributed by atoms with Crippen LogP contribution in [0.15, 0.2) is 41.8 Å². The first-order chi connectivity index (χ1) is 10.8. The standard InChI is InChI=1S/C17H19ClN2OS/c18-14-7-2-1-6-13(14)17(21)19-12-15(16-8-5-11-22-16)20-9-3-4-10-20/h1-2,5-8,11,15H,3-4,9-10,12H2,(H,19,21)/t15-/m0/s1. The van der Waals surface area contributed by atoms with Gasteiger partial charge in [-0.05, 0) is 49.5 Å². The van der Waals surface area contributed by atoms with Gasteiger partial charge in [0, 0.05) is 11.4 Å². The van der Waals surface area contributed by atoms with Crippen molar-refractivity contribution in [3.05, 3.63) is 57.2 Å². The molecule has 2 heterocycles. The number of nitrogens with zero attached hydrogens (tertiary/aromatic N) is 1. The smallest absolute Gasteiger partial charge is 0.252 e. The molecule has 1 saturated heterocycles. The van der Waals surface area contributed by atoms with E-state index in [1.165, 1.54) is 17.7 Å². The summed E-state index contributed by atoms with van der Waals surface area (Å²) >= 11 is 7.84. The third kappa shape index (κ3) is 3.51. The maximum atomic E-state index is 12.3. The molecule has 1 aromatic carbocycles. The van der Waals surface area contributed by atoms with Crippen molar-refractivity contribution in [1.29, 1.82) is 0 Å². The summed E-state index contributed by atoms with van der Waals surface area (Å²) in [4.78, 5) is 16.1. The van der Waals surface area contributed by atoms with Gasteiger partial charge < -0.3 is 5.32 Å². The zero-order valence-electron chi connectivity index (χ0n) is 12.3. The Labute approximate surface area is 139 Å². The predicted molar refractivity (Wildman–Crippen MR) is 91.7 cm³/mol. The number of hydrogen-bond acceptors (Lipinski definition) is 3. The van der Waals surface area contributed by atoms with E-state index in [9.17, 15) is 4.79 Å². The Morgan fingerprint density at radius 1 is 1.23 bits per heavy atom. The average molecular weight is 335 g/mol. The monoisotopic (exact) mass is 334 g/mol. The Balaban J connectivity index is 1.69. The average Bonchev–Trinajstić information content (AvgIpc) is 3.21. The van der Waals surface area contributed by atoms with E-state index >= 15 is 0 Å². The molecule has 1 aromatic heterocycles. The fourth-order valence-electron chi connectivity index (χ4n) is 2.87. The highest BCUT2D eigenvalue weighted by Gasteiger charge is 2.25. The van der Waals surface area contributed by atoms with E-state index in [1.807, 2.05) is 12.1 Å². The number of amides is 1. The minimum atomic E-state index is -0.105. The fraction of sp³-hybridized carbons (Fsp3) is 0.353. The molecule has 116 valence electrons. The van der Waals surface area contributed by atoms with Crippen molar-refractivity contribution in [3.63, 3.8) is 0 Å². The van der Waals surface area contributed by atoms with E-state index in [1.54, 1.807) is 23.5 Å². The number of likely N-dealkylation sites (tertiary alicyclic amines) is 1. The van der Waals surface area contributed by atoms with E-state index in [0.717, 1.165) is 13.1 Å². The van der Waals surface area contributed by atoms with E-state index in [2.05, 4.69) is 27.7 Å². The van der Waals surface area contributed by atoms with Crippen LogP contribution in [0.3, 0.4) is 0 Å². The van der Waals surface area contributed by atoms with Crippen molar-refractivity contribution in [3.8, 4) is 0 Å². The molecule has 1 fully saturated rings. The summed E-state index contributed by atoms with van der Waals surface area (Å²) in [6.07, 6.45) is 2.47. The first-order valence-corrected chi connectivity index (χ1v) is 8.81. The Kier molecular flexibility index (Phi) is 5.13. The molecule has 1 aliphatic heterocycles. The van der Waals surface area contributed by atoms with Gasteiger partial charge >= 0.3 is 0 Å². The van der Waals surface area contributed by atoms with Gasteiger partial charge in [0.05, 0.1) is 16.6 Å². The van der Waals surface area contributed by atoms with E-state index in [0.29, 0.717) is 17.1 Å². The number of carbonyl (C=O) groups excluding carboxylic acids is 1. The minimum absolute atomic E-state index is 0.105. The van der Waals surface area contributed by atoms with Gasteiger partial charge in [-0.25, -0.2) is 0 Å². The Hall–Kier alpha value is -1.36. The zero-order chi connectivity index (χ0) is 15.4. The molecule has 5 heteroatoms. The van der Waals surface area contributed by atoms with Crippen LogP contribution in [0.4, 0.5) is 0 Å². The molecule has 1 N–H and O–H groups in total. The Morgan fingerprint density at radius 3 is 2.68 bits per heavy atom. The van der Waals surface area contributed by atoms with Crippen molar-refractivity contribution >= 4 is 28.8 Å². The van der Waals surface area contributed by atoms with E-state index in [4.69, 9.17) is 11.6 Å². The van der Waals surface area contributed by atoms with Crippen molar-refractivity contribution < 1.29 is 4.79 Å². The number of halogens is 1. The van der Waals surface area contributed by atoms with Crippen molar-refractivity contribution in [2.75, 3.05) is 19.6 Å². The second-order valence-electron chi connectivity index (χ2n) is 5.46. The van der Waals surface area contributed by atoms with Crippen LogP contribution in [0.5, 0.6) is 0 Å².